The van der Waals surface area contributed by atoms with Crippen molar-refractivity contribution in [1.82, 2.24) is 20.2 Å². The molecule has 4 heterocycles. The number of aromatic nitrogens is 2. The lowest BCUT2D eigenvalue weighted by atomic mass is 9.92. The SMILES string of the molecule is C[C@@H]1CCN(C(=O)NC2=NCCS2)CC1N(C)c1ccnc2[nH]ccc12. The number of carbonyl (C=O) groups is 1. The molecular weight excluding hydrogens is 348 g/mol. The Kier molecular flexibility index (Phi) is 4.76. The molecule has 26 heavy (non-hydrogen) atoms. The van der Waals surface area contributed by atoms with Gasteiger partial charge in [0.2, 0.25) is 0 Å². The van der Waals surface area contributed by atoms with Crippen LogP contribution in [0.4, 0.5) is 10.5 Å². The summed E-state index contributed by atoms with van der Waals surface area (Å²) < 4.78 is 0. The molecule has 1 saturated heterocycles. The summed E-state index contributed by atoms with van der Waals surface area (Å²) >= 11 is 1.61. The summed E-state index contributed by atoms with van der Waals surface area (Å²) in [6.45, 7) is 4.54. The summed E-state index contributed by atoms with van der Waals surface area (Å²) in [4.78, 5) is 28.7. The van der Waals surface area contributed by atoms with Crippen LogP contribution in [0, 0.1) is 5.92 Å². The van der Waals surface area contributed by atoms with Gasteiger partial charge in [-0.2, -0.15) is 0 Å². The van der Waals surface area contributed by atoms with Crippen LogP contribution in [0.2, 0.25) is 0 Å². The molecule has 0 bridgehead atoms. The van der Waals surface area contributed by atoms with Crippen molar-refractivity contribution in [2.24, 2.45) is 10.9 Å². The van der Waals surface area contributed by atoms with Crippen molar-refractivity contribution in [3.63, 3.8) is 0 Å². The number of nitrogens with one attached hydrogen (secondary N) is 2. The Morgan fingerprint density at radius 2 is 2.35 bits per heavy atom. The summed E-state index contributed by atoms with van der Waals surface area (Å²) in [6, 6.07) is 4.33. The number of pyridine rings is 1. The largest absolute Gasteiger partial charge is 0.369 e. The van der Waals surface area contributed by atoms with E-state index in [1.807, 2.05) is 23.4 Å². The third kappa shape index (κ3) is 3.25. The lowest BCUT2D eigenvalue weighted by molar-refractivity contribution is 0.165. The normalized spacial score (nSPS) is 23.2. The smallest absolute Gasteiger partial charge is 0.323 e. The molecular formula is C18H24N6OS. The molecule has 0 aliphatic carbocycles. The Bertz CT molecular complexity index is 834. The van der Waals surface area contributed by atoms with E-state index in [0.29, 0.717) is 12.5 Å². The van der Waals surface area contributed by atoms with Crippen LogP contribution in [-0.2, 0) is 0 Å². The maximum atomic E-state index is 12.6. The van der Waals surface area contributed by atoms with E-state index in [1.54, 1.807) is 11.8 Å². The molecule has 2 aliphatic rings. The number of aliphatic imine (C=N–C) groups is 1. The van der Waals surface area contributed by atoms with Gasteiger partial charge in [-0.25, -0.2) is 9.78 Å². The number of carbonyl (C=O) groups excluding carboxylic acids is 1. The molecule has 1 fully saturated rings. The zero-order chi connectivity index (χ0) is 18.1. The number of anilines is 1. The van der Waals surface area contributed by atoms with E-state index in [0.717, 1.165) is 47.2 Å². The molecule has 0 saturated carbocycles. The number of hydrogen-bond acceptors (Lipinski definition) is 5. The third-order valence-corrected chi connectivity index (χ3v) is 6.21. The van der Waals surface area contributed by atoms with Gasteiger partial charge in [0.25, 0.3) is 0 Å². The van der Waals surface area contributed by atoms with E-state index < -0.39 is 0 Å². The molecule has 2 N–H and O–H groups in total. The first-order valence-corrected chi connectivity index (χ1v) is 10.00. The van der Waals surface area contributed by atoms with Crippen molar-refractivity contribution in [1.29, 1.82) is 0 Å². The second-order valence-corrected chi connectivity index (χ2v) is 8.01. The number of urea groups is 1. The Morgan fingerprint density at radius 1 is 1.46 bits per heavy atom. The van der Waals surface area contributed by atoms with E-state index in [-0.39, 0.29) is 12.1 Å². The number of amidine groups is 1. The number of rotatable bonds is 2. The van der Waals surface area contributed by atoms with Crippen molar-refractivity contribution >= 4 is 39.7 Å². The number of hydrogen-bond donors (Lipinski definition) is 2. The Balaban J connectivity index is 1.51. The van der Waals surface area contributed by atoms with Crippen molar-refractivity contribution in [3.8, 4) is 0 Å². The number of piperidine rings is 1. The minimum Gasteiger partial charge on any atom is -0.369 e. The van der Waals surface area contributed by atoms with Gasteiger partial charge < -0.3 is 14.8 Å². The second kappa shape index (κ2) is 7.19. The highest BCUT2D eigenvalue weighted by Crippen LogP contribution is 2.30. The lowest BCUT2D eigenvalue weighted by Crippen LogP contribution is -2.55. The number of aromatic amines is 1. The zero-order valence-electron chi connectivity index (χ0n) is 15.1. The number of amides is 2. The monoisotopic (exact) mass is 372 g/mol. The van der Waals surface area contributed by atoms with Crippen molar-refractivity contribution < 1.29 is 4.79 Å². The average molecular weight is 372 g/mol. The minimum atomic E-state index is -0.0371. The first-order chi connectivity index (χ1) is 12.6. The van der Waals surface area contributed by atoms with Gasteiger partial charge in [0.15, 0.2) is 5.17 Å². The highest BCUT2D eigenvalue weighted by Gasteiger charge is 2.32. The van der Waals surface area contributed by atoms with Gasteiger partial charge in [-0.1, -0.05) is 18.7 Å². The molecule has 1 unspecified atom stereocenters. The van der Waals surface area contributed by atoms with E-state index in [9.17, 15) is 4.79 Å². The maximum Gasteiger partial charge on any atom is 0.323 e. The molecule has 7 nitrogen and oxygen atoms in total. The van der Waals surface area contributed by atoms with E-state index >= 15 is 0 Å². The fraction of sp³-hybridized carbons (Fsp3) is 0.500. The number of likely N-dealkylation sites (tertiary alicyclic amines) is 1. The Labute approximate surface area is 157 Å². The first kappa shape index (κ1) is 17.2. The molecule has 0 radical (unpaired) electrons. The predicted octanol–water partition coefficient (Wildman–Crippen LogP) is 2.52. The van der Waals surface area contributed by atoms with E-state index in [2.05, 4.69) is 45.2 Å². The number of nitrogens with zero attached hydrogens (tertiary/aromatic N) is 4. The van der Waals surface area contributed by atoms with E-state index in [4.69, 9.17) is 0 Å². The number of fused-ring (bicyclic) bond motifs is 1. The summed E-state index contributed by atoms with van der Waals surface area (Å²) in [5.41, 5.74) is 2.04. The van der Waals surface area contributed by atoms with Crippen LogP contribution >= 0.6 is 11.8 Å². The summed E-state index contributed by atoms with van der Waals surface area (Å²) in [5.74, 6) is 1.46. The predicted molar refractivity (Wildman–Crippen MR) is 107 cm³/mol. The fourth-order valence-corrected chi connectivity index (χ4v) is 4.47. The molecule has 8 heteroatoms. The van der Waals surface area contributed by atoms with Gasteiger partial charge in [-0.3, -0.25) is 10.3 Å². The molecule has 2 aliphatic heterocycles. The van der Waals surface area contributed by atoms with Crippen LogP contribution in [0.25, 0.3) is 11.0 Å². The number of thioether (sulfide) groups is 1. The fourth-order valence-electron chi connectivity index (χ4n) is 3.75. The topological polar surface area (TPSA) is 76.6 Å². The van der Waals surface area contributed by atoms with Crippen LogP contribution in [0.1, 0.15) is 13.3 Å². The maximum absolute atomic E-state index is 12.6. The molecule has 0 aromatic carbocycles. The van der Waals surface area contributed by atoms with Crippen LogP contribution in [0.3, 0.4) is 0 Å². The minimum absolute atomic E-state index is 0.0371. The van der Waals surface area contributed by atoms with Gasteiger partial charge in [0, 0.05) is 55.4 Å². The van der Waals surface area contributed by atoms with Gasteiger partial charge in [-0.05, 0) is 24.5 Å². The second-order valence-electron chi connectivity index (χ2n) is 6.93. The molecule has 2 amide bonds. The number of likely N-dealkylation sites (N-methyl/N-ethyl adjacent to an activating group) is 1. The standard InChI is InChI=1S/C18H24N6OS/c1-12-5-9-24(18(25)22-17-21-8-10-26-17)11-15(12)23(2)14-4-7-20-16-13(14)3-6-19-16/h3-4,6-7,12,15H,5,8-11H2,1-2H3,(H,19,20)(H,21,22,25)/t12-,15?/m1/s1. The third-order valence-electron chi connectivity index (χ3n) is 5.32. The van der Waals surface area contributed by atoms with E-state index in [1.165, 1.54) is 0 Å². The molecule has 0 spiro atoms. The van der Waals surface area contributed by atoms with Crippen LogP contribution in [-0.4, -0.2) is 64.5 Å². The summed E-state index contributed by atoms with van der Waals surface area (Å²) in [6.07, 6.45) is 4.74. The number of H-pyrrole nitrogens is 1. The molecule has 138 valence electrons. The zero-order valence-corrected chi connectivity index (χ0v) is 15.9. The Morgan fingerprint density at radius 3 is 3.15 bits per heavy atom. The Hall–Kier alpha value is -2.22. The van der Waals surface area contributed by atoms with Crippen LogP contribution < -0.4 is 10.2 Å². The van der Waals surface area contributed by atoms with Crippen molar-refractivity contribution in [2.75, 3.05) is 37.3 Å². The summed E-state index contributed by atoms with van der Waals surface area (Å²) in [5, 5.41) is 4.82. The van der Waals surface area contributed by atoms with Gasteiger partial charge in [-0.15, -0.1) is 0 Å². The highest BCUT2D eigenvalue weighted by atomic mass is 32.2. The quantitative estimate of drug-likeness (QED) is 0.849. The van der Waals surface area contributed by atoms with Gasteiger partial charge in [0.05, 0.1) is 6.54 Å². The van der Waals surface area contributed by atoms with Crippen molar-refractivity contribution in [2.45, 2.75) is 19.4 Å². The lowest BCUT2D eigenvalue weighted by Gasteiger charge is -2.42. The van der Waals surface area contributed by atoms with Crippen LogP contribution in [0.5, 0.6) is 0 Å². The average Bonchev–Trinajstić information content (AvgIpc) is 3.32. The molecule has 4 rings (SSSR count). The molecule has 2 aromatic rings. The highest BCUT2D eigenvalue weighted by molar-refractivity contribution is 8.14. The summed E-state index contributed by atoms with van der Waals surface area (Å²) in [7, 11) is 2.11. The molecule has 2 aromatic heterocycles. The van der Waals surface area contributed by atoms with Gasteiger partial charge >= 0.3 is 6.03 Å². The molecule has 2 atom stereocenters. The first-order valence-electron chi connectivity index (χ1n) is 9.01. The van der Waals surface area contributed by atoms with Gasteiger partial charge in [0.1, 0.15) is 5.65 Å². The van der Waals surface area contributed by atoms with Crippen molar-refractivity contribution in [3.05, 3.63) is 24.5 Å². The van der Waals surface area contributed by atoms with Crippen LogP contribution in [0.15, 0.2) is 29.5 Å².